The zero-order valence-corrected chi connectivity index (χ0v) is 15.8. The normalized spacial score (nSPS) is 12.8. The topological polar surface area (TPSA) is 76.1 Å². The third-order valence-electron chi connectivity index (χ3n) is 4.78. The summed E-state index contributed by atoms with van der Waals surface area (Å²) in [4.78, 5) is 25.5. The van der Waals surface area contributed by atoms with E-state index in [1.165, 1.54) is 0 Å². The maximum atomic E-state index is 12.6. The van der Waals surface area contributed by atoms with Gasteiger partial charge in [0, 0.05) is 13.1 Å². The number of ether oxygens (including phenoxy) is 2. The molecule has 0 spiro atoms. The van der Waals surface area contributed by atoms with Crippen LogP contribution in [-0.2, 0) is 24.2 Å². The Morgan fingerprint density at radius 3 is 2.71 bits per heavy atom. The largest absolute Gasteiger partial charge is 0.493 e. The Morgan fingerprint density at radius 1 is 1.18 bits per heavy atom. The summed E-state index contributed by atoms with van der Waals surface area (Å²) in [6.45, 7) is 4.58. The maximum absolute atomic E-state index is 12.6. The van der Waals surface area contributed by atoms with Gasteiger partial charge in [0.25, 0.3) is 5.91 Å². The molecule has 0 bridgehead atoms. The number of allylic oxidation sites excluding steroid dienone is 1. The molecule has 3 rings (SSSR count). The van der Waals surface area contributed by atoms with Gasteiger partial charge in [-0.2, -0.15) is 0 Å². The maximum Gasteiger partial charge on any atom is 0.335 e. The van der Waals surface area contributed by atoms with Crippen molar-refractivity contribution in [2.75, 3.05) is 20.3 Å². The number of amides is 1. The monoisotopic (exact) mass is 381 g/mol. The summed E-state index contributed by atoms with van der Waals surface area (Å²) < 4.78 is 11.0. The third-order valence-corrected chi connectivity index (χ3v) is 4.78. The lowest BCUT2D eigenvalue weighted by atomic mass is 9.97. The molecule has 0 unspecified atom stereocenters. The minimum atomic E-state index is -0.971. The van der Waals surface area contributed by atoms with Crippen molar-refractivity contribution >= 4 is 11.9 Å². The van der Waals surface area contributed by atoms with Crippen molar-refractivity contribution in [1.29, 1.82) is 0 Å². The fraction of sp³-hybridized carbons (Fsp3) is 0.273. The molecule has 1 N–H and O–H groups in total. The Hall–Kier alpha value is -3.28. The van der Waals surface area contributed by atoms with Crippen molar-refractivity contribution in [1.82, 2.24) is 4.90 Å². The summed E-state index contributed by atoms with van der Waals surface area (Å²) in [5.41, 5.74) is 3.22. The number of carbonyl (C=O) groups excluding carboxylic acids is 1. The van der Waals surface area contributed by atoms with Crippen LogP contribution < -0.4 is 9.47 Å². The van der Waals surface area contributed by atoms with Crippen LogP contribution in [-0.4, -0.2) is 42.1 Å². The molecule has 1 heterocycles. The van der Waals surface area contributed by atoms with Crippen LogP contribution in [0.3, 0.4) is 0 Å². The van der Waals surface area contributed by atoms with E-state index in [-0.39, 0.29) is 18.1 Å². The summed E-state index contributed by atoms with van der Waals surface area (Å²) in [5, 5.41) is 9.16. The smallest absolute Gasteiger partial charge is 0.335 e. The van der Waals surface area contributed by atoms with E-state index in [2.05, 4.69) is 6.58 Å². The van der Waals surface area contributed by atoms with Gasteiger partial charge >= 0.3 is 5.97 Å². The molecular formula is C22H23NO5. The van der Waals surface area contributed by atoms with Gasteiger partial charge in [0.15, 0.2) is 18.1 Å². The first kappa shape index (κ1) is 19.5. The molecule has 146 valence electrons. The van der Waals surface area contributed by atoms with Crippen LogP contribution in [0, 0.1) is 0 Å². The Bertz CT molecular complexity index is 906. The molecule has 1 aliphatic rings. The first-order valence-corrected chi connectivity index (χ1v) is 9.05. The van der Waals surface area contributed by atoms with E-state index in [0.29, 0.717) is 31.0 Å². The molecule has 28 heavy (non-hydrogen) atoms. The SMILES string of the molecule is C=CCc1ccc(OCC(=O)N2CCc3ccc(C(=O)O)cc3C2)c(OC)c1. The fourth-order valence-corrected chi connectivity index (χ4v) is 3.26. The van der Waals surface area contributed by atoms with Crippen molar-refractivity contribution < 1.29 is 24.2 Å². The molecule has 1 amide bonds. The number of carboxylic acid groups (broad SMARTS) is 1. The zero-order chi connectivity index (χ0) is 20.1. The lowest BCUT2D eigenvalue weighted by Crippen LogP contribution is -2.39. The molecule has 0 saturated heterocycles. The van der Waals surface area contributed by atoms with E-state index in [9.17, 15) is 9.59 Å². The summed E-state index contributed by atoms with van der Waals surface area (Å²) in [6.07, 6.45) is 3.23. The van der Waals surface area contributed by atoms with Gasteiger partial charge in [0.1, 0.15) is 0 Å². The first-order valence-electron chi connectivity index (χ1n) is 9.05. The summed E-state index contributed by atoms with van der Waals surface area (Å²) >= 11 is 0. The molecule has 6 nitrogen and oxygen atoms in total. The standard InChI is InChI=1S/C22H23NO5/c1-3-4-15-5-8-19(20(11-15)27-2)28-14-21(24)23-10-9-16-6-7-17(22(25)26)12-18(16)13-23/h3,5-8,11-12H,1,4,9-10,13-14H2,2H3,(H,25,26). The van der Waals surface area contributed by atoms with E-state index < -0.39 is 5.97 Å². The second kappa shape index (κ2) is 8.61. The average Bonchev–Trinajstić information content (AvgIpc) is 2.71. The molecule has 0 radical (unpaired) electrons. The number of fused-ring (bicyclic) bond motifs is 1. The fourth-order valence-electron chi connectivity index (χ4n) is 3.26. The third kappa shape index (κ3) is 4.34. The highest BCUT2D eigenvalue weighted by Gasteiger charge is 2.22. The first-order chi connectivity index (χ1) is 13.5. The highest BCUT2D eigenvalue weighted by atomic mass is 16.5. The van der Waals surface area contributed by atoms with Crippen molar-refractivity contribution in [2.45, 2.75) is 19.4 Å². The van der Waals surface area contributed by atoms with Crippen LogP contribution in [0.15, 0.2) is 49.1 Å². The van der Waals surface area contributed by atoms with Crippen molar-refractivity contribution in [3.8, 4) is 11.5 Å². The van der Waals surface area contributed by atoms with Gasteiger partial charge in [-0.25, -0.2) is 4.79 Å². The molecule has 2 aromatic carbocycles. The van der Waals surface area contributed by atoms with Crippen molar-refractivity contribution in [3.05, 3.63) is 71.3 Å². The second-order valence-corrected chi connectivity index (χ2v) is 6.62. The molecule has 1 aliphatic heterocycles. The van der Waals surface area contributed by atoms with Gasteiger partial charge < -0.3 is 19.5 Å². The van der Waals surface area contributed by atoms with Crippen LogP contribution in [0.25, 0.3) is 0 Å². The summed E-state index contributed by atoms with van der Waals surface area (Å²) in [5.74, 6) is -0.0401. The van der Waals surface area contributed by atoms with E-state index in [1.807, 2.05) is 24.3 Å². The number of hydrogen-bond donors (Lipinski definition) is 1. The minimum absolute atomic E-state index is 0.106. The van der Waals surface area contributed by atoms with E-state index in [0.717, 1.165) is 23.1 Å². The summed E-state index contributed by atoms with van der Waals surface area (Å²) in [6, 6.07) is 10.6. The number of methoxy groups -OCH3 is 1. The molecule has 0 aliphatic carbocycles. The number of rotatable bonds is 7. The van der Waals surface area contributed by atoms with Gasteiger partial charge in [0.2, 0.25) is 0 Å². The van der Waals surface area contributed by atoms with Crippen molar-refractivity contribution in [2.24, 2.45) is 0 Å². The lowest BCUT2D eigenvalue weighted by molar-refractivity contribution is -0.134. The number of carboxylic acids is 1. The van der Waals surface area contributed by atoms with E-state index in [4.69, 9.17) is 14.6 Å². The Labute approximate surface area is 164 Å². The van der Waals surface area contributed by atoms with Gasteiger partial charge in [-0.05, 0) is 53.8 Å². The van der Waals surface area contributed by atoms with Gasteiger partial charge in [-0.1, -0.05) is 18.2 Å². The number of carbonyl (C=O) groups is 2. The molecular weight excluding hydrogens is 358 g/mol. The molecule has 0 atom stereocenters. The molecule has 0 aromatic heterocycles. The zero-order valence-electron chi connectivity index (χ0n) is 15.8. The van der Waals surface area contributed by atoms with Crippen LogP contribution in [0.4, 0.5) is 0 Å². The second-order valence-electron chi connectivity index (χ2n) is 6.62. The van der Waals surface area contributed by atoms with Crippen molar-refractivity contribution in [3.63, 3.8) is 0 Å². The number of nitrogens with zero attached hydrogens (tertiary/aromatic N) is 1. The summed E-state index contributed by atoms with van der Waals surface area (Å²) in [7, 11) is 1.56. The van der Waals surface area contributed by atoms with E-state index in [1.54, 1.807) is 30.2 Å². The average molecular weight is 381 g/mol. The molecule has 0 fully saturated rings. The van der Waals surface area contributed by atoms with Crippen LogP contribution in [0.2, 0.25) is 0 Å². The number of benzene rings is 2. The Balaban J connectivity index is 1.65. The Morgan fingerprint density at radius 2 is 2.00 bits per heavy atom. The number of aromatic carboxylic acids is 1. The van der Waals surface area contributed by atoms with Crippen LogP contribution in [0.5, 0.6) is 11.5 Å². The van der Waals surface area contributed by atoms with Crippen LogP contribution >= 0.6 is 0 Å². The quantitative estimate of drug-likeness (QED) is 0.746. The molecule has 6 heteroatoms. The highest BCUT2D eigenvalue weighted by Crippen LogP contribution is 2.28. The number of hydrogen-bond acceptors (Lipinski definition) is 4. The highest BCUT2D eigenvalue weighted by molar-refractivity contribution is 5.88. The predicted octanol–water partition coefficient (Wildman–Crippen LogP) is 3.09. The molecule has 0 saturated carbocycles. The van der Waals surface area contributed by atoms with Gasteiger partial charge in [0.05, 0.1) is 12.7 Å². The predicted molar refractivity (Wildman–Crippen MR) is 105 cm³/mol. The lowest BCUT2D eigenvalue weighted by Gasteiger charge is -2.29. The molecule has 2 aromatic rings. The van der Waals surface area contributed by atoms with E-state index >= 15 is 0 Å². The minimum Gasteiger partial charge on any atom is -0.493 e. The Kier molecular flexibility index (Phi) is 5.99. The van der Waals surface area contributed by atoms with Crippen LogP contribution in [0.1, 0.15) is 27.0 Å². The van der Waals surface area contributed by atoms with Gasteiger partial charge in [-0.15, -0.1) is 6.58 Å². The van der Waals surface area contributed by atoms with Gasteiger partial charge in [-0.3, -0.25) is 4.79 Å².